The fourth-order valence-electron chi connectivity index (χ4n) is 1.35. The topological polar surface area (TPSA) is 42.4 Å². The van der Waals surface area contributed by atoms with Gasteiger partial charge in [-0.25, -0.2) is 0 Å². The number of hydrogen-bond donors (Lipinski definition) is 1. The van der Waals surface area contributed by atoms with Gasteiger partial charge in [0.25, 0.3) is 0 Å². The van der Waals surface area contributed by atoms with E-state index in [1.165, 1.54) is 0 Å². The summed E-state index contributed by atoms with van der Waals surface area (Å²) in [5.74, 6) is 0. The molecule has 0 amide bonds. The van der Waals surface area contributed by atoms with Crippen molar-refractivity contribution < 1.29 is 9.84 Å². The Morgan fingerprint density at radius 2 is 2.29 bits per heavy atom. The number of pyridine rings is 1. The Morgan fingerprint density at radius 1 is 1.50 bits per heavy atom. The van der Waals surface area contributed by atoms with Crippen molar-refractivity contribution in [2.75, 3.05) is 13.7 Å². The lowest BCUT2D eigenvalue weighted by Crippen LogP contribution is -2.00. The van der Waals surface area contributed by atoms with E-state index in [0.29, 0.717) is 6.61 Å². The molecule has 3 nitrogen and oxygen atoms in total. The highest BCUT2D eigenvalue weighted by molar-refractivity contribution is 5.18. The van der Waals surface area contributed by atoms with Gasteiger partial charge in [-0.15, -0.1) is 0 Å². The summed E-state index contributed by atoms with van der Waals surface area (Å²) in [6.45, 7) is 2.66. The fourth-order valence-corrected chi connectivity index (χ4v) is 1.35. The largest absolute Gasteiger partial charge is 0.388 e. The Bertz CT molecular complexity index is 276. The molecule has 1 unspecified atom stereocenters. The molecule has 0 spiro atoms. The quantitative estimate of drug-likeness (QED) is 0.729. The van der Waals surface area contributed by atoms with Gasteiger partial charge in [-0.1, -0.05) is 6.07 Å². The second-order valence-electron chi connectivity index (χ2n) is 3.45. The van der Waals surface area contributed by atoms with Crippen molar-refractivity contribution in [3.8, 4) is 0 Å². The molecule has 0 fully saturated rings. The highest BCUT2D eigenvalue weighted by atomic mass is 16.5. The van der Waals surface area contributed by atoms with Gasteiger partial charge < -0.3 is 9.84 Å². The number of methoxy groups -OCH3 is 1. The standard InChI is InChI=1S/C11H17NO2/c1-9-6-10(8-12-7-9)11(13)4-3-5-14-2/h6-8,11,13H,3-5H2,1-2H3. The molecule has 0 bridgehead atoms. The normalized spacial score (nSPS) is 12.8. The molecule has 0 aliphatic heterocycles. The number of hydrogen-bond acceptors (Lipinski definition) is 3. The van der Waals surface area contributed by atoms with E-state index < -0.39 is 6.10 Å². The van der Waals surface area contributed by atoms with Gasteiger partial charge >= 0.3 is 0 Å². The van der Waals surface area contributed by atoms with E-state index in [9.17, 15) is 5.11 Å². The maximum Gasteiger partial charge on any atom is 0.0805 e. The van der Waals surface area contributed by atoms with E-state index >= 15 is 0 Å². The van der Waals surface area contributed by atoms with Crippen molar-refractivity contribution in [1.29, 1.82) is 0 Å². The zero-order valence-corrected chi connectivity index (χ0v) is 8.73. The van der Waals surface area contributed by atoms with Crippen molar-refractivity contribution >= 4 is 0 Å². The maximum absolute atomic E-state index is 9.78. The maximum atomic E-state index is 9.78. The second-order valence-corrected chi connectivity index (χ2v) is 3.45. The minimum atomic E-state index is -0.419. The fraction of sp³-hybridized carbons (Fsp3) is 0.545. The first-order chi connectivity index (χ1) is 6.74. The first kappa shape index (κ1) is 11.1. The van der Waals surface area contributed by atoms with Gasteiger partial charge in [0, 0.05) is 26.1 Å². The van der Waals surface area contributed by atoms with E-state index in [0.717, 1.165) is 24.0 Å². The SMILES string of the molecule is COCCCC(O)c1cncc(C)c1. The van der Waals surface area contributed by atoms with Crippen LogP contribution in [0.4, 0.5) is 0 Å². The number of aliphatic hydroxyl groups excluding tert-OH is 1. The number of rotatable bonds is 5. The Kier molecular flexibility index (Phi) is 4.56. The van der Waals surface area contributed by atoms with E-state index in [4.69, 9.17) is 4.74 Å². The van der Waals surface area contributed by atoms with Crippen molar-refractivity contribution in [1.82, 2.24) is 4.98 Å². The number of aromatic nitrogens is 1. The van der Waals surface area contributed by atoms with Crippen LogP contribution in [0.5, 0.6) is 0 Å². The van der Waals surface area contributed by atoms with Gasteiger partial charge in [0.1, 0.15) is 0 Å². The van der Waals surface area contributed by atoms with Gasteiger partial charge in [0.2, 0.25) is 0 Å². The zero-order valence-electron chi connectivity index (χ0n) is 8.73. The molecular weight excluding hydrogens is 178 g/mol. The molecule has 14 heavy (non-hydrogen) atoms. The Labute approximate surface area is 84.7 Å². The molecule has 1 aromatic rings. The summed E-state index contributed by atoms with van der Waals surface area (Å²) in [4.78, 5) is 4.04. The van der Waals surface area contributed by atoms with Crippen LogP contribution in [0.1, 0.15) is 30.1 Å². The number of aryl methyl sites for hydroxylation is 1. The number of ether oxygens (including phenoxy) is 1. The van der Waals surface area contributed by atoms with Crippen LogP contribution in [-0.4, -0.2) is 23.8 Å². The minimum absolute atomic E-state index is 0.419. The molecule has 1 N–H and O–H groups in total. The lowest BCUT2D eigenvalue weighted by molar-refractivity contribution is 0.136. The molecule has 0 saturated carbocycles. The third-order valence-corrected chi connectivity index (χ3v) is 2.11. The minimum Gasteiger partial charge on any atom is -0.388 e. The van der Waals surface area contributed by atoms with Crippen molar-refractivity contribution in [3.05, 3.63) is 29.6 Å². The van der Waals surface area contributed by atoms with Crippen molar-refractivity contribution in [2.45, 2.75) is 25.9 Å². The lowest BCUT2D eigenvalue weighted by Gasteiger charge is -2.10. The monoisotopic (exact) mass is 195 g/mol. The Balaban J connectivity index is 2.47. The molecular formula is C11H17NO2. The molecule has 0 aliphatic rings. The molecule has 1 rings (SSSR count). The molecule has 0 saturated heterocycles. The van der Waals surface area contributed by atoms with E-state index in [1.54, 1.807) is 19.5 Å². The van der Waals surface area contributed by atoms with Crippen LogP contribution in [0.2, 0.25) is 0 Å². The second kappa shape index (κ2) is 5.73. The lowest BCUT2D eigenvalue weighted by atomic mass is 10.1. The summed E-state index contributed by atoms with van der Waals surface area (Å²) in [6.07, 6.45) is 4.66. The third-order valence-electron chi connectivity index (χ3n) is 2.11. The first-order valence-electron chi connectivity index (χ1n) is 4.82. The van der Waals surface area contributed by atoms with Crippen LogP contribution >= 0.6 is 0 Å². The van der Waals surface area contributed by atoms with Crippen LogP contribution in [0, 0.1) is 6.92 Å². The summed E-state index contributed by atoms with van der Waals surface area (Å²) in [5, 5.41) is 9.78. The van der Waals surface area contributed by atoms with Crippen LogP contribution in [0.3, 0.4) is 0 Å². The van der Waals surface area contributed by atoms with Crippen LogP contribution in [0.15, 0.2) is 18.5 Å². The Morgan fingerprint density at radius 3 is 2.93 bits per heavy atom. The van der Waals surface area contributed by atoms with E-state index in [-0.39, 0.29) is 0 Å². The highest BCUT2D eigenvalue weighted by Crippen LogP contribution is 2.17. The molecule has 1 heterocycles. The molecule has 0 aromatic carbocycles. The van der Waals surface area contributed by atoms with Crippen LogP contribution < -0.4 is 0 Å². The molecule has 78 valence electrons. The van der Waals surface area contributed by atoms with Gasteiger partial charge in [-0.05, 0) is 30.9 Å². The molecule has 1 atom stereocenters. The summed E-state index contributed by atoms with van der Waals surface area (Å²) >= 11 is 0. The predicted molar refractivity (Wildman–Crippen MR) is 55.0 cm³/mol. The average molecular weight is 195 g/mol. The number of aliphatic hydroxyl groups is 1. The summed E-state index contributed by atoms with van der Waals surface area (Å²) in [6, 6.07) is 1.96. The zero-order chi connectivity index (χ0) is 10.4. The van der Waals surface area contributed by atoms with Crippen LogP contribution in [0.25, 0.3) is 0 Å². The van der Waals surface area contributed by atoms with Crippen molar-refractivity contribution in [3.63, 3.8) is 0 Å². The highest BCUT2D eigenvalue weighted by Gasteiger charge is 2.07. The van der Waals surface area contributed by atoms with Crippen LogP contribution in [-0.2, 0) is 4.74 Å². The molecule has 0 radical (unpaired) electrons. The van der Waals surface area contributed by atoms with E-state index in [1.807, 2.05) is 13.0 Å². The molecule has 3 heteroatoms. The van der Waals surface area contributed by atoms with Gasteiger partial charge in [-0.2, -0.15) is 0 Å². The summed E-state index contributed by atoms with van der Waals surface area (Å²) in [7, 11) is 1.67. The molecule has 0 aliphatic carbocycles. The van der Waals surface area contributed by atoms with Crippen molar-refractivity contribution in [2.24, 2.45) is 0 Å². The van der Waals surface area contributed by atoms with Gasteiger partial charge in [0.15, 0.2) is 0 Å². The average Bonchev–Trinajstić information content (AvgIpc) is 2.18. The summed E-state index contributed by atoms with van der Waals surface area (Å²) in [5.41, 5.74) is 1.97. The summed E-state index contributed by atoms with van der Waals surface area (Å²) < 4.78 is 4.93. The van der Waals surface area contributed by atoms with E-state index in [2.05, 4.69) is 4.98 Å². The first-order valence-corrected chi connectivity index (χ1v) is 4.82. The Hall–Kier alpha value is -0.930. The number of nitrogens with zero attached hydrogens (tertiary/aromatic N) is 1. The predicted octanol–water partition coefficient (Wildman–Crippen LogP) is 1.85. The van der Waals surface area contributed by atoms with Gasteiger partial charge in [-0.3, -0.25) is 4.98 Å². The molecule has 1 aromatic heterocycles. The third kappa shape index (κ3) is 3.44. The van der Waals surface area contributed by atoms with Gasteiger partial charge in [0.05, 0.1) is 6.10 Å². The smallest absolute Gasteiger partial charge is 0.0805 e.